The third-order valence-electron chi connectivity index (χ3n) is 4.14. The third kappa shape index (κ3) is 3.32. The van der Waals surface area contributed by atoms with Crippen LogP contribution in [0.3, 0.4) is 0 Å². The Morgan fingerprint density at radius 1 is 1.00 bits per heavy atom. The lowest BCUT2D eigenvalue weighted by molar-refractivity contribution is -0.163. The average molecular weight is 304 g/mol. The van der Waals surface area contributed by atoms with Crippen molar-refractivity contribution in [3.05, 3.63) is 28.8 Å². The van der Waals surface area contributed by atoms with Gasteiger partial charge in [-0.2, -0.15) is 0 Å². The molecule has 0 atom stereocenters. The highest BCUT2D eigenvalue weighted by molar-refractivity contribution is 5.89. The second-order valence-corrected chi connectivity index (χ2v) is 6.49. The van der Waals surface area contributed by atoms with E-state index in [0.717, 1.165) is 22.4 Å². The van der Waals surface area contributed by atoms with Gasteiger partial charge in [0, 0.05) is 5.92 Å². The SMILES string of the molecule is COc1c(C(C)C)cc(C2CC(=O)OC(=O)C2)cc1C(C)C. The number of hydrogen-bond acceptors (Lipinski definition) is 4. The largest absolute Gasteiger partial charge is 0.496 e. The van der Waals surface area contributed by atoms with Crippen molar-refractivity contribution in [2.75, 3.05) is 7.11 Å². The molecule has 1 aliphatic rings. The second-order valence-electron chi connectivity index (χ2n) is 6.49. The van der Waals surface area contributed by atoms with Crippen LogP contribution >= 0.6 is 0 Å². The highest BCUT2D eigenvalue weighted by Gasteiger charge is 2.30. The summed E-state index contributed by atoms with van der Waals surface area (Å²) in [7, 11) is 1.69. The Morgan fingerprint density at radius 3 is 1.82 bits per heavy atom. The van der Waals surface area contributed by atoms with Gasteiger partial charge in [0.25, 0.3) is 0 Å². The summed E-state index contributed by atoms with van der Waals surface area (Å²) in [6.45, 7) is 8.47. The quantitative estimate of drug-likeness (QED) is 0.625. The molecule has 0 unspecified atom stereocenters. The third-order valence-corrected chi connectivity index (χ3v) is 4.14. The summed E-state index contributed by atoms with van der Waals surface area (Å²) in [4.78, 5) is 23.1. The lowest BCUT2D eigenvalue weighted by atomic mass is 9.84. The monoisotopic (exact) mass is 304 g/mol. The summed E-state index contributed by atoms with van der Waals surface area (Å²) in [6, 6.07) is 4.15. The molecule has 22 heavy (non-hydrogen) atoms. The molecule has 0 amide bonds. The van der Waals surface area contributed by atoms with Gasteiger partial charge in [-0.25, -0.2) is 0 Å². The molecule has 2 rings (SSSR count). The van der Waals surface area contributed by atoms with Crippen molar-refractivity contribution in [1.29, 1.82) is 0 Å². The Hall–Kier alpha value is -1.84. The number of hydrogen-bond donors (Lipinski definition) is 0. The lowest BCUT2D eigenvalue weighted by Gasteiger charge is -2.25. The second kappa shape index (κ2) is 6.51. The van der Waals surface area contributed by atoms with Crippen LogP contribution in [0.1, 0.15) is 75.0 Å². The number of methoxy groups -OCH3 is 1. The van der Waals surface area contributed by atoms with E-state index >= 15 is 0 Å². The van der Waals surface area contributed by atoms with Crippen molar-refractivity contribution >= 4 is 11.9 Å². The lowest BCUT2D eigenvalue weighted by Crippen LogP contribution is -2.24. The molecular formula is C18H24O4. The molecule has 1 saturated heterocycles. The maximum atomic E-state index is 11.6. The zero-order chi connectivity index (χ0) is 16.4. The molecule has 0 aromatic heterocycles. The van der Waals surface area contributed by atoms with Gasteiger partial charge in [0.1, 0.15) is 5.75 Å². The molecule has 0 aliphatic carbocycles. The molecule has 0 N–H and O–H groups in total. The fourth-order valence-corrected chi connectivity index (χ4v) is 2.95. The maximum Gasteiger partial charge on any atom is 0.314 e. The summed E-state index contributed by atoms with van der Waals surface area (Å²) in [5, 5.41) is 0. The van der Waals surface area contributed by atoms with Gasteiger partial charge >= 0.3 is 11.9 Å². The smallest absolute Gasteiger partial charge is 0.314 e. The van der Waals surface area contributed by atoms with Crippen LogP contribution < -0.4 is 4.74 Å². The first-order valence-electron chi connectivity index (χ1n) is 7.78. The van der Waals surface area contributed by atoms with Gasteiger partial charge in [-0.3, -0.25) is 9.59 Å². The molecule has 0 saturated carbocycles. The Bertz CT molecular complexity index is 542. The minimum absolute atomic E-state index is 0.102. The standard InChI is InChI=1S/C18H24O4/c1-10(2)14-6-12(7-15(11(3)4)18(14)21-5)13-8-16(19)22-17(20)9-13/h6-7,10-11,13H,8-9H2,1-5H3. The summed E-state index contributed by atoms with van der Waals surface area (Å²) in [5.41, 5.74) is 3.27. The van der Waals surface area contributed by atoms with E-state index in [9.17, 15) is 9.59 Å². The topological polar surface area (TPSA) is 52.6 Å². The van der Waals surface area contributed by atoms with E-state index < -0.39 is 11.9 Å². The number of ether oxygens (including phenoxy) is 2. The fraction of sp³-hybridized carbons (Fsp3) is 0.556. The first kappa shape index (κ1) is 16.5. The molecule has 1 fully saturated rings. The Kier molecular flexibility index (Phi) is 4.89. The fourth-order valence-electron chi connectivity index (χ4n) is 2.95. The van der Waals surface area contributed by atoms with E-state index in [1.54, 1.807) is 7.11 Å². The average Bonchev–Trinajstić information content (AvgIpc) is 2.44. The van der Waals surface area contributed by atoms with Crippen molar-refractivity contribution in [3.63, 3.8) is 0 Å². The Morgan fingerprint density at radius 2 is 1.45 bits per heavy atom. The highest BCUT2D eigenvalue weighted by atomic mass is 16.6. The number of rotatable bonds is 4. The first-order valence-corrected chi connectivity index (χ1v) is 7.78. The van der Waals surface area contributed by atoms with Crippen LogP contribution in [0.2, 0.25) is 0 Å². The van der Waals surface area contributed by atoms with Crippen molar-refractivity contribution in [3.8, 4) is 5.75 Å². The molecule has 1 aromatic rings. The van der Waals surface area contributed by atoms with E-state index in [0.29, 0.717) is 11.8 Å². The predicted molar refractivity (Wildman–Crippen MR) is 84.2 cm³/mol. The zero-order valence-corrected chi connectivity index (χ0v) is 13.9. The van der Waals surface area contributed by atoms with Gasteiger partial charge in [-0.1, -0.05) is 39.8 Å². The van der Waals surface area contributed by atoms with E-state index in [4.69, 9.17) is 4.74 Å². The summed E-state index contributed by atoms with van der Waals surface area (Å²) in [6.07, 6.45) is 0.514. The van der Waals surface area contributed by atoms with E-state index in [1.165, 1.54) is 0 Å². The van der Waals surface area contributed by atoms with Crippen molar-refractivity contribution in [2.45, 2.75) is 58.3 Å². The van der Waals surface area contributed by atoms with E-state index in [1.807, 2.05) is 0 Å². The molecule has 1 heterocycles. The predicted octanol–water partition coefficient (Wildman–Crippen LogP) is 3.89. The number of carbonyl (C=O) groups is 2. The highest BCUT2D eigenvalue weighted by Crippen LogP contribution is 2.39. The molecular weight excluding hydrogens is 280 g/mol. The number of benzene rings is 1. The summed E-state index contributed by atoms with van der Waals surface area (Å²) < 4.78 is 10.3. The van der Waals surface area contributed by atoms with E-state index in [-0.39, 0.29) is 18.8 Å². The molecule has 0 radical (unpaired) electrons. The van der Waals surface area contributed by atoms with Gasteiger partial charge in [0.15, 0.2) is 0 Å². The first-order chi connectivity index (χ1) is 10.3. The van der Waals surface area contributed by atoms with Crippen molar-refractivity contribution in [2.24, 2.45) is 0 Å². The van der Waals surface area contributed by atoms with Crippen LogP contribution in [0.5, 0.6) is 5.75 Å². The molecule has 1 aliphatic heterocycles. The van der Waals surface area contributed by atoms with Gasteiger partial charge in [-0.15, -0.1) is 0 Å². The van der Waals surface area contributed by atoms with Gasteiger partial charge in [0.05, 0.1) is 20.0 Å². The zero-order valence-electron chi connectivity index (χ0n) is 13.9. The Balaban J connectivity index is 2.52. The molecule has 0 spiro atoms. The molecule has 4 nitrogen and oxygen atoms in total. The van der Waals surface area contributed by atoms with Gasteiger partial charge in [-0.05, 0) is 28.5 Å². The minimum Gasteiger partial charge on any atom is -0.496 e. The maximum absolute atomic E-state index is 11.6. The van der Waals surface area contributed by atoms with Crippen LogP contribution in [0.15, 0.2) is 12.1 Å². The molecule has 0 bridgehead atoms. The van der Waals surface area contributed by atoms with Crippen LogP contribution in [0, 0.1) is 0 Å². The number of cyclic esters (lactones) is 2. The van der Waals surface area contributed by atoms with Crippen LogP contribution in [0.4, 0.5) is 0 Å². The van der Waals surface area contributed by atoms with Crippen molar-refractivity contribution in [1.82, 2.24) is 0 Å². The van der Waals surface area contributed by atoms with Crippen LogP contribution in [-0.2, 0) is 14.3 Å². The minimum atomic E-state index is -0.436. The summed E-state index contributed by atoms with van der Waals surface area (Å²) in [5.74, 6) is 0.550. The Labute approximate surface area is 131 Å². The van der Waals surface area contributed by atoms with Gasteiger partial charge < -0.3 is 9.47 Å². The van der Waals surface area contributed by atoms with Crippen LogP contribution in [-0.4, -0.2) is 19.0 Å². The molecule has 120 valence electrons. The molecule has 1 aromatic carbocycles. The molecule has 4 heteroatoms. The summed E-state index contributed by atoms with van der Waals surface area (Å²) >= 11 is 0. The van der Waals surface area contributed by atoms with Crippen molar-refractivity contribution < 1.29 is 19.1 Å². The normalized spacial score (nSPS) is 16.3. The van der Waals surface area contributed by atoms with Crippen LogP contribution in [0.25, 0.3) is 0 Å². The number of esters is 2. The van der Waals surface area contributed by atoms with Gasteiger partial charge in [0.2, 0.25) is 0 Å². The number of carbonyl (C=O) groups excluding carboxylic acids is 2. The van der Waals surface area contributed by atoms with E-state index in [2.05, 4.69) is 44.6 Å².